The Kier molecular flexibility index (Phi) is 14.0. The van der Waals surface area contributed by atoms with Gasteiger partial charge in [0.1, 0.15) is 11.5 Å². The predicted molar refractivity (Wildman–Crippen MR) is 294 cm³/mol. The fourth-order valence-corrected chi connectivity index (χ4v) is 8.84. The van der Waals surface area contributed by atoms with Crippen molar-refractivity contribution in [1.82, 2.24) is 0 Å². The molecule has 0 aliphatic carbocycles. The van der Waals surface area contributed by atoms with Crippen molar-refractivity contribution in [2.45, 2.75) is 40.5 Å². The van der Waals surface area contributed by atoms with Crippen LogP contribution in [0.1, 0.15) is 37.8 Å². The zero-order chi connectivity index (χ0) is 51.3. The van der Waals surface area contributed by atoms with Gasteiger partial charge in [-0.25, -0.2) is 9.59 Å². The predicted octanol–water partition coefficient (Wildman–Crippen LogP) is 16.2. The van der Waals surface area contributed by atoms with Crippen LogP contribution in [0.4, 0.5) is 34.1 Å². The summed E-state index contributed by atoms with van der Waals surface area (Å²) < 4.78 is 35.8. The second-order valence-corrected chi connectivity index (χ2v) is 18.6. The molecule has 370 valence electrons. The summed E-state index contributed by atoms with van der Waals surface area (Å²) in [5.74, 6) is 3.66. The quantitative estimate of drug-likeness (QED) is 0.0498. The molecule has 2 aliphatic rings. The van der Waals surface area contributed by atoms with E-state index in [0.717, 1.165) is 102 Å². The summed E-state index contributed by atoms with van der Waals surface area (Å²) in [5.41, 5.74) is 14.9. The molecule has 10 nitrogen and oxygen atoms in total. The van der Waals surface area contributed by atoms with Crippen molar-refractivity contribution >= 4 is 46.1 Å². The summed E-state index contributed by atoms with van der Waals surface area (Å²) in [5, 5.41) is 0. The van der Waals surface area contributed by atoms with Crippen molar-refractivity contribution in [2.24, 2.45) is 0 Å². The first-order valence-electron chi connectivity index (χ1n) is 24.7. The van der Waals surface area contributed by atoms with Gasteiger partial charge in [-0.05, 0) is 158 Å². The Bertz CT molecular complexity index is 3170. The normalized spacial score (nSPS) is 11.9. The van der Waals surface area contributed by atoms with Gasteiger partial charge >= 0.3 is 11.9 Å². The van der Waals surface area contributed by atoms with E-state index in [1.54, 1.807) is 13.8 Å². The van der Waals surface area contributed by atoms with Gasteiger partial charge < -0.3 is 38.2 Å². The molecular formula is C64H56N2O8. The monoisotopic (exact) mass is 980 g/mol. The minimum atomic E-state index is -0.391. The third kappa shape index (κ3) is 10.6. The number of fused-ring (bicyclic) bond motifs is 4. The molecule has 0 aromatic heterocycles. The van der Waals surface area contributed by atoms with E-state index in [9.17, 15) is 9.59 Å². The van der Waals surface area contributed by atoms with E-state index in [1.165, 1.54) is 11.1 Å². The maximum atomic E-state index is 11.7. The standard InChI is InChI=1S/C64H56N2O8/c1-41(2)63(67)71-35-7-33-69-53-25-13-45(14-26-53)49-17-29-55-61(39-49)73-59-31-19-47(37-57(59)65(55)51-21-9-43(5)10-22-51)48-20-32-60-58(38-48)66(52-23-11-44(6)12-24-52)56-30-18-50(40-62(56)74-60)46-15-27-54(28-16-46)70-34-8-36-72-64(68)42(3)4/h9-32,37-40H,1,3,7-8,33-36H2,2,4-6H3. The lowest BCUT2D eigenvalue weighted by molar-refractivity contribution is -0.140. The third-order valence-corrected chi connectivity index (χ3v) is 12.8. The van der Waals surface area contributed by atoms with E-state index >= 15 is 0 Å². The Hall–Kier alpha value is -9.02. The maximum Gasteiger partial charge on any atom is 0.333 e. The van der Waals surface area contributed by atoms with Crippen LogP contribution in [-0.4, -0.2) is 38.4 Å². The van der Waals surface area contributed by atoms with Gasteiger partial charge in [0.05, 0.1) is 49.2 Å². The smallest absolute Gasteiger partial charge is 0.333 e. The number of benzene rings is 8. The van der Waals surface area contributed by atoms with Gasteiger partial charge in [-0.3, -0.25) is 0 Å². The maximum absolute atomic E-state index is 11.7. The second kappa shape index (κ2) is 21.4. The lowest BCUT2D eigenvalue weighted by atomic mass is 9.99. The van der Waals surface area contributed by atoms with E-state index in [0.29, 0.717) is 37.2 Å². The van der Waals surface area contributed by atoms with Crippen molar-refractivity contribution in [3.63, 3.8) is 0 Å². The molecule has 2 heterocycles. The average Bonchev–Trinajstić information content (AvgIpc) is 3.42. The number of hydrogen-bond donors (Lipinski definition) is 0. The van der Waals surface area contributed by atoms with E-state index in [2.05, 4.69) is 158 Å². The Morgan fingerprint density at radius 1 is 0.405 bits per heavy atom. The second-order valence-electron chi connectivity index (χ2n) is 18.6. The topological polar surface area (TPSA) is 96.0 Å². The van der Waals surface area contributed by atoms with Crippen LogP contribution in [0.25, 0.3) is 33.4 Å². The number of rotatable bonds is 17. The van der Waals surface area contributed by atoms with Gasteiger partial charge in [0.2, 0.25) is 0 Å². The first kappa shape index (κ1) is 48.6. The van der Waals surface area contributed by atoms with Crippen molar-refractivity contribution in [3.05, 3.63) is 205 Å². The zero-order valence-electron chi connectivity index (χ0n) is 42.0. The van der Waals surface area contributed by atoms with Crippen LogP contribution >= 0.6 is 0 Å². The van der Waals surface area contributed by atoms with Crippen LogP contribution in [0.3, 0.4) is 0 Å². The highest BCUT2D eigenvalue weighted by molar-refractivity contribution is 5.93. The third-order valence-electron chi connectivity index (χ3n) is 12.8. The molecule has 0 saturated heterocycles. The van der Waals surface area contributed by atoms with Crippen LogP contribution in [0.2, 0.25) is 0 Å². The first-order chi connectivity index (χ1) is 35.9. The molecule has 10 rings (SSSR count). The number of esters is 2. The van der Waals surface area contributed by atoms with Crippen molar-refractivity contribution in [3.8, 4) is 67.9 Å². The Labute approximate surface area is 432 Å². The van der Waals surface area contributed by atoms with Gasteiger partial charge in [-0.1, -0.05) is 97.1 Å². The molecule has 0 saturated carbocycles. The fraction of sp³-hybridized carbons (Fsp3) is 0.156. The number of carbonyl (C=O) groups excluding carboxylic acids is 2. The lowest BCUT2D eigenvalue weighted by Crippen LogP contribution is -2.16. The van der Waals surface area contributed by atoms with E-state index in [1.807, 2.05) is 48.5 Å². The van der Waals surface area contributed by atoms with E-state index < -0.39 is 11.9 Å². The Morgan fingerprint density at radius 2 is 0.757 bits per heavy atom. The highest BCUT2D eigenvalue weighted by atomic mass is 16.5. The summed E-state index contributed by atoms with van der Waals surface area (Å²) in [6.45, 7) is 16.1. The first-order valence-corrected chi connectivity index (χ1v) is 24.7. The van der Waals surface area contributed by atoms with Crippen LogP contribution in [-0.2, 0) is 19.1 Å². The number of nitrogens with zero attached hydrogens (tertiary/aromatic N) is 2. The van der Waals surface area contributed by atoms with Gasteiger partial charge in [-0.2, -0.15) is 0 Å². The van der Waals surface area contributed by atoms with Gasteiger partial charge in [0, 0.05) is 35.4 Å². The fourth-order valence-electron chi connectivity index (χ4n) is 8.84. The number of anilines is 6. The average molecular weight is 981 g/mol. The van der Waals surface area contributed by atoms with Crippen molar-refractivity contribution in [2.75, 3.05) is 36.2 Å². The molecule has 0 N–H and O–H groups in total. The van der Waals surface area contributed by atoms with Gasteiger partial charge in [-0.15, -0.1) is 0 Å². The van der Waals surface area contributed by atoms with E-state index in [4.69, 9.17) is 28.4 Å². The Morgan fingerprint density at radius 3 is 1.14 bits per heavy atom. The summed E-state index contributed by atoms with van der Waals surface area (Å²) >= 11 is 0. The van der Waals surface area contributed by atoms with Crippen molar-refractivity contribution in [1.29, 1.82) is 0 Å². The molecular weight excluding hydrogens is 925 g/mol. The molecule has 10 heteroatoms. The number of carbonyl (C=O) groups is 2. The molecule has 0 fully saturated rings. The summed E-state index contributed by atoms with van der Waals surface area (Å²) in [7, 11) is 0. The zero-order valence-corrected chi connectivity index (χ0v) is 42.0. The molecule has 8 aromatic carbocycles. The minimum absolute atomic E-state index is 0.274. The molecule has 0 atom stereocenters. The summed E-state index contributed by atoms with van der Waals surface area (Å²) in [6, 6.07) is 58.5. The summed E-state index contributed by atoms with van der Waals surface area (Å²) in [6.07, 6.45) is 1.15. The molecule has 74 heavy (non-hydrogen) atoms. The molecule has 8 aromatic rings. The molecule has 2 aliphatic heterocycles. The van der Waals surface area contributed by atoms with E-state index in [-0.39, 0.29) is 13.2 Å². The molecule has 0 bridgehead atoms. The van der Waals surface area contributed by atoms with Gasteiger partial charge in [0.15, 0.2) is 23.0 Å². The SMILES string of the molecule is C=C(C)C(=O)OCCCOc1ccc(-c2ccc3c(c2)Oc2ccc(-c4ccc5c(c4)N(c4ccc(C)cc4)c4ccc(-c6ccc(OCCCOC(=O)C(=C)C)cc6)cc4O5)cc2N3c2ccc(C)cc2)cc1. The number of ether oxygens (including phenoxy) is 6. The molecule has 0 unspecified atom stereocenters. The minimum Gasteiger partial charge on any atom is -0.493 e. The highest BCUT2D eigenvalue weighted by Crippen LogP contribution is 2.55. The molecule has 0 amide bonds. The van der Waals surface area contributed by atoms with Crippen LogP contribution in [0.5, 0.6) is 34.5 Å². The molecule has 0 radical (unpaired) electrons. The number of aryl methyl sites for hydroxylation is 2. The lowest BCUT2D eigenvalue weighted by Gasteiger charge is -2.34. The van der Waals surface area contributed by atoms with Gasteiger partial charge in [0.25, 0.3) is 0 Å². The Balaban J connectivity index is 0.905. The summed E-state index contributed by atoms with van der Waals surface area (Å²) in [4.78, 5) is 27.9. The highest BCUT2D eigenvalue weighted by Gasteiger charge is 2.30. The van der Waals surface area contributed by atoms with Crippen LogP contribution in [0.15, 0.2) is 194 Å². The van der Waals surface area contributed by atoms with Crippen LogP contribution in [0, 0.1) is 13.8 Å². The molecule has 0 spiro atoms. The number of hydrogen-bond acceptors (Lipinski definition) is 10. The van der Waals surface area contributed by atoms with Crippen molar-refractivity contribution < 1.29 is 38.0 Å². The van der Waals surface area contributed by atoms with Crippen LogP contribution < -0.4 is 28.7 Å². The largest absolute Gasteiger partial charge is 0.493 e.